The summed E-state index contributed by atoms with van der Waals surface area (Å²) in [6.07, 6.45) is 91.8. The predicted octanol–water partition coefficient (Wildman–Crippen LogP) is 26.0. The summed E-state index contributed by atoms with van der Waals surface area (Å²) in [7, 11) is 0. The van der Waals surface area contributed by atoms with E-state index in [-0.39, 0.29) is 25.2 Å². The van der Waals surface area contributed by atoms with Crippen molar-refractivity contribution in [3.05, 3.63) is 0 Å². The Morgan fingerprint density at radius 3 is 0.550 bits per heavy atom. The van der Waals surface area contributed by atoms with Crippen LogP contribution in [0.1, 0.15) is 450 Å². The quantitative estimate of drug-likeness (QED) is 0.0485. The number of carbonyl (C=O) groups is 2. The Labute approximate surface area is 503 Å². The highest BCUT2D eigenvalue weighted by Gasteiger charge is 2.16. The molecule has 0 radical (unpaired) electrons. The molecule has 0 spiro atoms. The van der Waals surface area contributed by atoms with Gasteiger partial charge in [-0.05, 0) is 12.8 Å². The summed E-state index contributed by atoms with van der Waals surface area (Å²) in [5.74, 6) is -0.557. The average molecular weight is 1130 g/mol. The molecular weight excluding hydrogens is 981 g/mol. The lowest BCUT2D eigenvalue weighted by Crippen LogP contribution is -2.28. The van der Waals surface area contributed by atoms with Gasteiger partial charge >= 0.3 is 11.9 Å². The molecule has 1 atom stereocenters. The van der Waals surface area contributed by atoms with Crippen LogP contribution in [-0.4, -0.2) is 36.4 Å². The number of hydrogen-bond donors (Lipinski definition) is 1. The Morgan fingerprint density at radius 2 is 0.388 bits per heavy atom. The largest absolute Gasteiger partial charge is 0.462 e. The van der Waals surface area contributed by atoms with Crippen molar-refractivity contribution in [3.63, 3.8) is 0 Å². The lowest BCUT2D eigenvalue weighted by atomic mass is 10.0. The van der Waals surface area contributed by atoms with Crippen molar-refractivity contribution >= 4 is 11.9 Å². The highest BCUT2D eigenvalue weighted by Crippen LogP contribution is 2.20. The Balaban J connectivity index is 3.33. The van der Waals surface area contributed by atoms with E-state index in [0.717, 1.165) is 32.1 Å². The molecule has 80 heavy (non-hydrogen) atoms. The maximum absolute atomic E-state index is 12.4. The maximum Gasteiger partial charge on any atom is 0.306 e. The number of esters is 2. The molecule has 0 bridgehead atoms. The Bertz CT molecular complexity index is 1140. The van der Waals surface area contributed by atoms with Crippen LogP contribution >= 0.6 is 0 Å². The zero-order valence-corrected chi connectivity index (χ0v) is 55.2. The molecule has 0 aliphatic heterocycles. The third-order valence-corrected chi connectivity index (χ3v) is 17.9. The van der Waals surface area contributed by atoms with Gasteiger partial charge in [0.2, 0.25) is 0 Å². The monoisotopic (exact) mass is 1130 g/mol. The van der Waals surface area contributed by atoms with E-state index >= 15 is 0 Å². The van der Waals surface area contributed by atoms with Gasteiger partial charge < -0.3 is 14.6 Å². The van der Waals surface area contributed by atoms with E-state index in [1.165, 1.54) is 392 Å². The molecule has 0 saturated heterocycles. The molecule has 478 valence electrons. The molecular formula is C75H148O5. The number of aliphatic hydroxyl groups is 1. The molecule has 0 fully saturated rings. The van der Waals surface area contributed by atoms with Gasteiger partial charge in [-0.15, -0.1) is 0 Å². The second-order valence-electron chi connectivity index (χ2n) is 26.1. The molecule has 0 heterocycles. The first-order valence-corrected chi connectivity index (χ1v) is 37.6. The number of hydrogen-bond acceptors (Lipinski definition) is 5. The van der Waals surface area contributed by atoms with Crippen LogP contribution in [-0.2, 0) is 19.1 Å². The normalized spacial score (nSPS) is 12.0. The third-order valence-electron chi connectivity index (χ3n) is 17.9. The molecule has 0 aromatic heterocycles. The maximum atomic E-state index is 12.4. The molecule has 1 N–H and O–H groups in total. The van der Waals surface area contributed by atoms with Crippen LogP contribution in [0.25, 0.3) is 0 Å². The fourth-order valence-electron chi connectivity index (χ4n) is 12.3. The van der Waals surface area contributed by atoms with E-state index in [0.29, 0.717) is 12.8 Å². The summed E-state index contributed by atoms with van der Waals surface area (Å²) in [6.45, 7) is 4.23. The van der Waals surface area contributed by atoms with Gasteiger partial charge in [0.1, 0.15) is 6.61 Å². The molecule has 5 nitrogen and oxygen atoms in total. The van der Waals surface area contributed by atoms with Crippen LogP contribution in [0, 0.1) is 0 Å². The summed E-state index contributed by atoms with van der Waals surface area (Å²) in [5, 5.41) is 9.71. The molecule has 0 aromatic carbocycles. The fourth-order valence-corrected chi connectivity index (χ4v) is 12.3. The van der Waals surface area contributed by atoms with Crippen LogP contribution in [0.3, 0.4) is 0 Å². The highest BCUT2D eigenvalue weighted by molar-refractivity contribution is 5.70. The van der Waals surface area contributed by atoms with Crippen LogP contribution in [0.2, 0.25) is 0 Å². The first-order valence-electron chi connectivity index (χ1n) is 37.6. The lowest BCUT2D eigenvalue weighted by molar-refractivity contribution is -0.161. The molecule has 1 unspecified atom stereocenters. The minimum absolute atomic E-state index is 0.0552. The molecule has 0 amide bonds. The second kappa shape index (κ2) is 72.2. The minimum Gasteiger partial charge on any atom is -0.462 e. The second-order valence-corrected chi connectivity index (χ2v) is 26.1. The molecule has 0 aliphatic rings. The summed E-state index contributed by atoms with van der Waals surface area (Å²) >= 11 is 0. The van der Waals surface area contributed by atoms with E-state index in [1.54, 1.807) is 0 Å². The van der Waals surface area contributed by atoms with Gasteiger partial charge in [0.25, 0.3) is 0 Å². The Hall–Kier alpha value is -1.10. The van der Waals surface area contributed by atoms with Crippen LogP contribution in [0.15, 0.2) is 0 Å². The summed E-state index contributed by atoms with van der Waals surface area (Å²) in [4.78, 5) is 24.7. The van der Waals surface area contributed by atoms with E-state index < -0.39 is 6.10 Å². The molecule has 0 aliphatic carbocycles. The number of aliphatic hydroxyl groups excluding tert-OH is 1. The molecule has 0 rings (SSSR count). The van der Waals surface area contributed by atoms with Gasteiger partial charge in [0.15, 0.2) is 6.10 Å². The average Bonchev–Trinajstić information content (AvgIpc) is 3.46. The first-order chi connectivity index (χ1) is 39.6. The third kappa shape index (κ3) is 69.4. The Kier molecular flexibility index (Phi) is 71.2. The molecule has 0 aromatic rings. The summed E-state index contributed by atoms with van der Waals surface area (Å²) < 4.78 is 10.8. The molecule has 0 saturated carbocycles. The number of carbonyl (C=O) groups excluding carboxylic acids is 2. The minimum atomic E-state index is -0.766. The van der Waals surface area contributed by atoms with Gasteiger partial charge in [-0.3, -0.25) is 9.59 Å². The zero-order valence-electron chi connectivity index (χ0n) is 55.2. The van der Waals surface area contributed by atoms with Crippen LogP contribution in [0.4, 0.5) is 0 Å². The summed E-state index contributed by atoms with van der Waals surface area (Å²) in [5.41, 5.74) is 0. The van der Waals surface area contributed by atoms with Gasteiger partial charge in [0.05, 0.1) is 6.61 Å². The smallest absolute Gasteiger partial charge is 0.306 e. The van der Waals surface area contributed by atoms with E-state index in [2.05, 4.69) is 13.8 Å². The standard InChI is InChI=1S/C75H148O5/c1-3-5-7-9-11-13-15-17-19-21-23-25-27-29-31-33-34-35-36-37-38-39-40-41-42-44-46-48-50-52-54-56-58-60-62-64-66-68-70-75(78)80-73(71-76)72-79-74(77)69-67-65-63-61-59-57-55-53-51-49-47-45-43-32-30-28-26-24-22-20-18-16-14-12-10-8-6-4-2/h73,76H,3-72H2,1-2H3. The highest BCUT2D eigenvalue weighted by atomic mass is 16.6. The van der Waals surface area contributed by atoms with Crippen molar-refractivity contribution in [1.29, 1.82) is 0 Å². The van der Waals surface area contributed by atoms with Crippen LogP contribution < -0.4 is 0 Å². The number of rotatable bonds is 72. The summed E-state index contributed by atoms with van der Waals surface area (Å²) in [6, 6.07) is 0. The lowest BCUT2D eigenvalue weighted by Gasteiger charge is -2.15. The predicted molar refractivity (Wildman–Crippen MR) is 353 cm³/mol. The van der Waals surface area contributed by atoms with E-state index in [9.17, 15) is 14.7 Å². The fraction of sp³-hybridized carbons (Fsp3) is 0.973. The van der Waals surface area contributed by atoms with Crippen molar-refractivity contribution in [2.75, 3.05) is 13.2 Å². The topological polar surface area (TPSA) is 72.8 Å². The Morgan fingerprint density at radius 1 is 0.237 bits per heavy atom. The van der Waals surface area contributed by atoms with Crippen molar-refractivity contribution < 1.29 is 24.2 Å². The number of ether oxygens (including phenoxy) is 2. The van der Waals surface area contributed by atoms with Crippen molar-refractivity contribution in [1.82, 2.24) is 0 Å². The first kappa shape index (κ1) is 78.9. The van der Waals surface area contributed by atoms with Crippen LogP contribution in [0.5, 0.6) is 0 Å². The SMILES string of the molecule is CCCCCCCCCCCCCCCCCCCCCCCCCCCCCCCCCCCCCCCCC(=O)OC(CO)COC(=O)CCCCCCCCCCCCCCCCCCCCCCCCCCCCCC. The van der Waals surface area contributed by atoms with E-state index in [1.807, 2.05) is 0 Å². The number of unbranched alkanes of at least 4 members (excludes halogenated alkanes) is 64. The van der Waals surface area contributed by atoms with Crippen molar-refractivity contribution in [2.45, 2.75) is 457 Å². The van der Waals surface area contributed by atoms with E-state index in [4.69, 9.17) is 9.47 Å². The van der Waals surface area contributed by atoms with Gasteiger partial charge in [0, 0.05) is 12.8 Å². The van der Waals surface area contributed by atoms with Gasteiger partial charge in [-0.1, -0.05) is 425 Å². The molecule has 5 heteroatoms. The van der Waals surface area contributed by atoms with Crippen molar-refractivity contribution in [2.24, 2.45) is 0 Å². The van der Waals surface area contributed by atoms with Crippen molar-refractivity contribution in [3.8, 4) is 0 Å². The zero-order chi connectivity index (χ0) is 57.6. The van der Waals surface area contributed by atoms with Gasteiger partial charge in [-0.2, -0.15) is 0 Å². The van der Waals surface area contributed by atoms with Gasteiger partial charge in [-0.25, -0.2) is 0 Å².